The number of fused-ring (bicyclic) bond motifs is 1. The lowest BCUT2D eigenvalue weighted by Crippen LogP contribution is -2.46. The van der Waals surface area contributed by atoms with Crippen molar-refractivity contribution in [1.82, 2.24) is 25.7 Å². The number of rotatable bonds is 9. The van der Waals surface area contributed by atoms with Gasteiger partial charge in [0.05, 0.1) is 23.3 Å². The molecule has 2 heterocycles. The molecule has 0 bridgehead atoms. The number of urea groups is 1. The summed E-state index contributed by atoms with van der Waals surface area (Å²) in [6, 6.07) is 8.63. The number of carbonyl (C=O) groups is 3. The Morgan fingerprint density at radius 2 is 1.90 bits per heavy atom. The Kier molecular flexibility index (Phi) is 8.32. The van der Waals surface area contributed by atoms with Crippen LogP contribution in [0.2, 0.25) is 0 Å². The Labute approximate surface area is 227 Å². The number of aromatic amines is 1. The standard InChI is InChI=1S/C29H35FN6O3/c1-16(2)15-36(17(3)4)25(37)11-7-19-12-20(6-9-23(19)30)27-26(18(5)32-29(39)34-27)28(38)33-22-8-10-24-21(13-22)14-31-35-24/h6,8-10,12-14,16-17,27H,7,11,15H2,1-5H3,(H,31,35)(H,33,38)(H2,32,34,39). The van der Waals surface area contributed by atoms with Crippen LogP contribution in [0.15, 0.2) is 53.9 Å². The van der Waals surface area contributed by atoms with Gasteiger partial charge in [0.15, 0.2) is 0 Å². The van der Waals surface area contributed by atoms with Crippen molar-refractivity contribution in [3.8, 4) is 0 Å². The van der Waals surface area contributed by atoms with E-state index in [0.29, 0.717) is 40.5 Å². The van der Waals surface area contributed by atoms with E-state index >= 15 is 0 Å². The molecule has 39 heavy (non-hydrogen) atoms. The second-order valence-electron chi connectivity index (χ2n) is 10.6. The molecule has 0 saturated heterocycles. The molecular formula is C29H35FN6O3. The summed E-state index contributed by atoms with van der Waals surface area (Å²) in [7, 11) is 0. The smallest absolute Gasteiger partial charge is 0.319 e. The van der Waals surface area contributed by atoms with Gasteiger partial charge < -0.3 is 20.9 Å². The Balaban J connectivity index is 1.56. The van der Waals surface area contributed by atoms with Crippen molar-refractivity contribution in [2.45, 2.75) is 59.5 Å². The van der Waals surface area contributed by atoms with Crippen LogP contribution in [-0.2, 0) is 16.0 Å². The second-order valence-corrected chi connectivity index (χ2v) is 10.6. The summed E-state index contributed by atoms with van der Waals surface area (Å²) in [5.41, 5.74) is 3.01. The second kappa shape index (κ2) is 11.7. The molecule has 4 amide bonds. The van der Waals surface area contributed by atoms with Gasteiger partial charge in [-0.15, -0.1) is 0 Å². The van der Waals surface area contributed by atoms with Gasteiger partial charge in [-0.05, 0) is 68.5 Å². The number of anilines is 1. The summed E-state index contributed by atoms with van der Waals surface area (Å²) in [5, 5.41) is 16.0. The number of aromatic nitrogens is 2. The van der Waals surface area contributed by atoms with E-state index in [1.165, 1.54) is 6.07 Å². The zero-order valence-corrected chi connectivity index (χ0v) is 22.9. The molecule has 0 fully saturated rings. The van der Waals surface area contributed by atoms with Crippen molar-refractivity contribution in [3.63, 3.8) is 0 Å². The summed E-state index contributed by atoms with van der Waals surface area (Å²) < 4.78 is 14.8. The van der Waals surface area contributed by atoms with Crippen LogP contribution < -0.4 is 16.0 Å². The lowest BCUT2D eigenvalue weighted by molar-refractivity contribution is -0.133. The third-order valence-electron chi connectivity index (χ3n) is 6.73. The number of amides is 4. The van der Waals surface area contributed by atoms with E-state index < -0.39 is 23.8 Å². The van der Waals surface area contributed by atoms with Gasteiger partial charge in [-0.3, -0.25) is 14.7 Å². The molecule has 0 radical (unpaired) electrons. The van der Waals surface area contributed by atoms with Crippen molar-refractivity contribution >= 4 is 34.4 Å². The molecule has 1 aliphatic rings. The molecule has 1 atom stereocenters. The van der Waals surface area contributed by atoms with Gasteiger partial charge in [-0.1, -0.05) is 26.0 Å². The molecule has 1 aromatic heterocycles. The number of H-pyrrole nitrogens is 1. The summed E-state index contributed by atoms with van der Waals surface area (Å²) >= 11 is 0. The molecule has 2 aromatic carbocycles. The van der Waals surface area contributed by atoms with Crippen LogP contribution >= 0.6 is 0 Å². The molecule has 0 aliphatic carbocycles. The van der Waals surface area contributed by atoms with Gasteiger partial charge in [-0.25, -0.2) is 9.18 Å². The molecule has 1 aliphatic heterocycles. The number of benzene rings is 2. The van der Waals surface area contributed by atoms with Gasteiger partial charge in [0.25, 0.3) is 5.91 Å². The fourth-order valence-corrected chi connectivity index (χ4v) is 4.81. The van der Waals surface area contributed by atoms with Crippen LogP contribution in [0.25, 0.3) is 10.9 Å². The largest absolute Gasteiger partial charge is 0.340 e. The number of halogens is 1. The summed E-state index contributed by atoms with van der Waals surface area (Å²) in [6.07, 6.45) is 2.02. The Morgan fingerprint density at radius 1 is 1.13 bits per heavy atom. The highest BCUT2D eigenvalue weighted by molar-refractivity contribution is 6.07. The van der Waals surface area contributed by atoms with E-state index in [-0.39, 0.29) is 24.8 Å². The fraction of sp³-hybridized carbons (Fsp3) is 0.379. The van der Waals surface area contributed by atoms with E-state index in [9.17, 15) is 18.8 Å². The number of hydrogen-bond donors (Lipinski definition) is 4. The first kappa shape index (κ1) is 27.8. The topological polar surface area (TPSA) is 119 Å². The summed E-state index contributed by atoms with van der Waals surface area (Å²) in [5.74, 6) is -0.563. The molecule has 9 nitrogen and oxygen atoms in total. The average molecular weight is 535 g/mol. The maximum Gasteiger partial charge on any atom is 0.319 e. The molecule has 4 N–H and O–H groups in total. The molecule has 1 unspecified atom stereocenters. The fourth-order valence-electron chi connectivity index (χ4n) is 4.81. The quantitative estimate of drug-likeness (QED) is 0.315. The number of allylic oxidation sites excluding steroid dienone is 1. The van der Waals surface area contributed by atoms with Crippen molar-refractivity contribution in [2.75, 3.05) is 11.9 Å². The minimum atomic E-state index is -0.806. The number of nitrogens with zero attached hydrogens (tertiary/aromatic N) is 2. The van der Waals surface area contributed by atoms with E-state index in [0.717, 1.165) is 10.9 Å². The van der Waals surface area contributed by atoms with Crippen molar-refractivity contribution in [2.24, 2.45) is 5.92 Å². The van der Waals surface area contributed by atoms with Crippen molar-refractivity contribution in [1.29, 1.82) is 0 Å². The highest BCUT2D eigenvalue weighted by Gasteiger charge is 2.32. The predicted octanol–water partition coefficient (Wildman–Crippen LogP) is 4.79. The Bertz CT molecular complexity index is 1430. The van der Waals surface area contributed by atoms with Crippen LogP contribution in [0.4, 0.5) is 14.9 Å². The minimum Gasteiger partial charge on any atom is -0.340 e. The Morgan fingerprint density at radius 3 is 2.62 bits per heavy atom. The van der Waals surface area contributed by atoms with E-state index in [1.807, 2.05) is 24.8 Å². The zero-order chi connectivity index (χ0) is 28.3. The maximum absolute atomic E-state index is 14.8. The molecule has 4 rings (SSSR count). The summed E-state index contributed by atoms with van der Waals surface area (Å²) in [4.78, 5) is 40.5. The SMILES string of the molecule is CC1=C(C(=O)Nc2ccc3[nH]ncc3c2)C(c2ccc(F)c(CCC(=O)N(CC(C)C)C(C)C)c2)NC(=O)N1. The van der Waals surface area contributed by atoms with Gasteiger partial charge >= 0.3 is 6.03 Å². The number of aryl methyl sites for hydroxylation is 1. The van der Waals surface area contributed by atoms with Crippen LogP contribution in [0.3, 0.4) is 0 Å². The molecule has 0 saturated carbocycles. The minimum absolute atomic E-state index is 0.0379. The number of nitrogens with one attached hydrogen (secondary N) is 4. The summed E-state index contributed by atoms with van der Waals surface area (Å²) in [6.45, 7) is 10.3. The zero-order valence-electron chi connectivity index (χ0n) is 22.9. The predicted molar refractivity (Wildman–Crippen MR) is 148 cm³/mol. The van der Waals surface area contributed by atoms with E-state index in [4.69, 9.17) is 0 Å². The van der Waals surface area contributed by atoms with Gasteiger partial charge in [-0.2, -0.15) is 5.10 Å². The molecule has 10 heteroatoms. The monoisotopic (exact) mass is 534 g/mol. The van der Waals surface area contributed by atoms with Crippen LogP contribution in [0, 0.1) is 11.7 Å². The van der Waals surface area contributed by atoms with Crippen LogP contribution in [-0.4, -0.2) is 45.5 Å². The highest BCUT2D eigenvalue weighted by atomic mass is 19.1. The van der Waals surface area contributed by atoms with Crippen molar-refractivity contribution < 1.29 is 18.8 Å². The average Bonchev–Trinajstić information content (AvgIpc) is 3.33. The number of hydrogen-bond acceptors (Lipinski definition) is 4. The number of carbonyl (C=O) groups excluding carboxylic acids is 3. The first-order valence-corrected chi connectivity index (χ1v) is 13.1. The molecule has 0 spiro atoms. The maximum atomic E-state index is 14.8. The van der Waals surface area contributed by atoms with Gasteiger partial charge in [0.1, 0.15) is 5.82 Å². The third-order valence-corrected chi connectivity index (χ3v) is 6.73. The third kappa shape index (κ3) is 6.45. The van der Waals surface area contributed by atoms with E-state index in [2.05, 4.69) is 40.0 Å². The molecule has 206 valence electrons. The first-order valence-electron chi connectivity index (χ1n) is 13.1. The first-order chi connectivity index (χ1) is 18.5. The lowest BCUT2D eigenvalue weighted by Gasteiger charge is -2.29. The normalized spacial score (nSPS) is 15.5. The molecule has 3 aromatic rings. The van der Waals surface area contributed by atoms with Crippen LogP contribution in [0.1, 0.15) is 58.2 Å². The lowest BCUT2D eigenvalue weighted by atomic mass is 9.92. The highest BCUT2D eigenvalue weighted by Crippen LogP contribution is 2.30. The van der Waals surface area contributed by atoms with Crippen LogP contribution in [0.5, 0.6) is 0 Å². The van der Waals surface area contributed by atoms with E-state index in [1.54, 1.807) is 37.4 Å². The van der Waals surface area contributed by atoms with Gasteiger partial charge in [0, 0.05) is 35.8 Å². The van der Waals surface area contributed by atoms with Crippen molar-refractivity contribution in [3.05, 3.63) is 70.8 Å². The Hall–Kier alpha value is -4.21. The van der Waals surface area contributed by atoms with Gasteiger partial charge in [0.2, 0.25) is 5.91 Å². The molecular weight excluding hydrogens is 499 g/mol.